The lowest BCUT2D eigenvalue weighted by Crippen LogP contribution is -2.52. The van der Waals surface area contributed by atoms with E-state index in [0.717, 1.165) is 57.3 Å². The van der Waals surface area contributed by atoms with Crippen LogP contribution < -0.4 is 5.32 Å². The van der Waals surface area contributed by atoms with Crippen molar-refractivity contribution < 1.29 is 9.90 Å². The Bertz CT molecular complexity index is 563. The van der Waals surface area contributed by atoms with Crippen LogP contribution >= 0.6 is 0 Å². The summed E-state index contributed by atoms with van der Waals surface area (Å²) in [6.45, 7) is 3.94. The predicted octanol–water partition coefficient (Wildman–Crippen LogP) is 1.48. The molecule has 24 heavy (non-hydrogen) atoms. The van der Waals surface area contributed by atoms with Gasteiger partial charge in [0.25, 0.3) is 5.91 Å². The van der Waals surface area contributed by atoms with Gasteiger partial charge in [0.1, 0.15) is 0 Å². The van der Waals surface area contributed by atoms with E-state index in [4.69, 9.17) is 0 Å². The molecule has 1 amide bonds. The summed E-state index contributed by atoms with van der Waals surface area (Å²) in [5.74, 6) is -0.00361. The number of nitrogens with one attached hydrogen (secondary N) is 1. The molecule has 0 radical (unpaired) electrons. The average molecular weight is 334 g/mol. The van der Waals surface area contributed by atoms with E-state index in [-0.39, 0.29) is 18.1 Å². The molecule has 0 aromatic carbocycles. The number of likely N-dealkylation sites (tertiary alicyclic amines) is 1. The standard InChI is InChI=1S/C18H30N4O2/c1-3-15-14(12-21(2)20-15)18(24)19-13-8-10-22(11-9-13)16-6-4-5-7-17(16)23/h12-13,16-17,23H,3-11H2,1-2H3,(H,19,24). The van der Waals surface area contributed by atoms with E-state index >= 15 is 0 Å². The first-order chi connectivity index (χ1) is 11.6. The molecule has 1 aromatic heterocycles. The molecular formula is C18H30N4O2. The normalized spacial score (nSPS) is 26.5. The summed E-state index contributed by atoms with van der Waals surface area (Å²) >= 11 is 0. The van der Waals surface area contributed by atoms with Gasteiger partial charge in [-0.1, -0.05) is 19.8 Å². The number of hydrogen-bond acceptors (Lipinski definition) is 4. The fourth-order valence-corrected chi connectivity index (χ4v) is 4.14. The van der Waals surface area contributed by atoms with E-state index in [1.807, 2.05) is 20.2 Å². The molecule has 2 fully saturated rings. The number of carbonyl (C=O) groups excluding carboxylic acids is 1. The number of nitrogens with zero attached hydrogens (tertiary/aromatic N) is 3. The van der Waals surface area contributed by atoms with Crippen molar-refractivity contribution >= 4 is 5.91 Å². The van der Waals surface area contributed by atoms with Crippen molar-refractivity contribution in [2.45, 2.75) is 70.1 Å². The highest BCUT2D eigenvalue weighted by Gasteiger charge is 2.32. The van der Waals surface area contributed by atoms with Crippen LogP contribution in [0, 0.1) is 0 Å². The second kappa shape index (κ2) is 7.66. The molecule has 0 spiro atoms. The molecule has 2 aliphatic rings. The Morgan fingerprint density at radius 3 is 2.67 bits per heavy atom. The van der Waals surface area contributed by atoms with Gasteiger partial charge >= 0.3 is 0 Å². The maximum absolute atomic E-state index is 12.5. The summed E-state index contributed by atoms with van der Waals surface area (Å²) in [5.41, 5.74) is 1.56. The molecule has 134 valence electrons. The molecular weight excluding hydrogens is 304 g/mol. The van der Waals surface area contributed by atoms with E-state index in [1.54, 1.807) is 4.68 Å². The zero-order valence-corrected chi connectivity index (χ0v) is 14.9. The molecule has 6 nitrogen and oxygen atoms in total. The van der Waals surface area contributed by atoms with Crippen LogP contribution in [0.5, 0.6) is 0 Å². The largest absolute Gasteiger partial charge is 0.391 e. The molecule has 2 heterocycles. The van der Waals surface area contributed by atoms with Crippen LogP contribution in [0.3, 0.4) is 0 Å². The molecule has 1 saturated carbocycles. The van der Waals surface area contributed by atoms with Crippen molar-refractivity contribution in [2.75, 3.05) is 13.1 Å². The Balaban J connectivity index is 1.52. The number of carbonyl (C=O) groups is 1. The molecule has 1 aliphatic carbocycles. The van der Waals surface area contributed by atoms with Crippen LogP contribution in [0.2, 0.25) is 0 Å². The fraction of sp³-hybridized carbons (Fsp3) is 0.778. The highest BCUT2D eigenvalue weighted by atomic mass is 16.3. The van der Waals surface area contributed by atoms with Crippen molar-refractivity contribution in [1.82, 2.24) is 20.0 Å². The monoisotopic (exact) mass is 334 g/mol. The smallest absolute Gasteiger partial charge is 0.254 e. The lowest BCUT2D eigenvalue weighted by molar-refractivity contribution is 0.00727. The second-order valence-electron chi connectivity index (χ2n) is 7.22. The highest BCUT2D eigenvalue weighted by Crippen LogP contribution is 2.26. The predicted molar refractivity (Wildman–Crippen MR) is 92.9 cm³/mol. The lowest BCUT2D eigenvalue weighted by atomic mass is 9.89. The number of hydrogen-bond donors (Lipinski definition) is 2. The first kappa shape index (κ1) is 17.4. The minimum absolute atomic E-state index is 0.00361. The summed E-state index contributed by atoms with van der Waals surface area (Å²) in [4.78, 5) is 14.9. The third-order valence-corrected chi connectivity index (χ3v) is 5.51. The van der Waals surface area contributed by atoms with Crippen LogP contribution in [0.4, 0.5) is 0 Å². The molecule has 0 bridgehead atoms. The summed E-state index contributed by atoms with van der Waals surface area (Å²) in [6, 6.07) is 0.541. The van der Waals surface area contributed by atoms with Gasteiger partial charge in [0.15, 0.2) is 0 Å². The van der Waals surface area contributed by atoms with Gasteiger partial charge in [-0.3, -0.25) is 14.4 Å². The van der Waals surface area contributed by atoms with Crippen molar-refractivity contribution in [3.8, 4) is 0 Å². The van der Waals surface area contributed by atoms with Gasteiger partial charge < -0.3 is 10.4 Å². The van der Waals surface area contributed by atoms with Crippen molar-refractivity contribution in [3.05, 3.63) is 17.5 Å². The third-order valence-electron chi connectivity index (χ3n) is 5.51. The maximum Gasteiger partial charge on any atom is 0.254 e. The summed E-state index contributed by atoms with van der Waals surface area (Å²) in [7, 11) is 1.85. The van der Waals surface area contributed by atoms with E-state index in [2.05, 4.69) is 15.3 Å². The number of aryl methyl sites for hydroxylation is 2. The van der Waals surface area contributed by atoms with Crippen LogP contribution in [-0.2, 0) is 13.5 Å². The molecule has 1 saturated heterocycles. The Kier molecular flexibility index (Phi) is 5.56. The quantitative estimate of drug-likeness (QED) is 0.875. The molecule has 3 rings (SSSR count). The van der Waals surface area contributed by atoms with Gasteiger partial charge in [-0.25, -0.2) is 0 Å². The summed E-state index contributed by atoms with van der Waals surface area (Å²) < 4.78 is 1.71. The lowest BCUT2D eigenvalue weighted by Gasteiger charge is -2.41. The molecule has 2 atom stereocenters. The number of amides is 1. The van der Waals surface area contributed by atoms with Crippen molar-refractivity contribution in [1.29, 1.82) is 0 Å². The molecule has 6 heteroatoms. The summed E-state index contributed by atoms with van der Waals surface area (Å²) in [6.07, 6.45) is 8.72. The van der Waals surface area contributed by atoms with E-state index < -0.39 is 0 Å². The van der Waals surface area contributed by atoms with Crippen LogP contribution in [-0.4, -0.2) is 57.0 Å². The highest BCUT2D eigenvalue weighted by molar-refractivity contribution is 5.95. The Labute approximate surface area is 144 Å². The fourth-order valence-electron chi connectivity index (χ4n) is 4.14. The van der Waals surface area contributed by atoms with Gasteiger partial charge in [0.05, 0.1) is 17.4 Å². The maximum atomic E-state index is 12.5. The van der Waals surface area contributed by atoms with Gasteiger partial charge in [-0.05, 0) is 32.1 Å². The molecule has 2 unspecified atom stereocenters. The van der Waals surface area contributed by atoms with Crippen LogP contribution in [0.1, 0.15) is 61.5 Å². The first-order valence-corrected chi connectivity index (χ1v) is 9.34. The average Bonchev–Trinajstić information content (AvgIpc) is 2.97. The van der Waals surface area contributed by atoms with Crippen molar-refractivity contribution in [3.63, 3.8) is 0 Å². The van der Waals surface area contributed by atoms with Crippen LogP contribution in [0.15, 0.2) is 6.20 Å². The Hall–Kier alpha value is -1.40. The number of aliphatic hydroxyl groups excluding tert-OH is 1. The van der Waals surface area contributed by atoms with E-state index in [1.165, 1.54) is 6.42 Å². The number of rotatable bonds is 4. The molecule has 2 N–H and O–H groups in total. The van der Waals surface area contributed by atoms with Crippen LogP contribution in [0.25, 0.3) is 0 Å². The Morgan fingerprint density at radius 2 is 2.00 bits per heavy atom. The van der Waals surface area contributed by atoms with E-state index in [9.17, 15) is 9.90 Å². The van der Waals surface area contributed by atoms with Gasteiger partial charge in [0, 0.05) is 38.4 Å². The molecule has 1 aromatic rings. The summed E-state index contributed by atoms with van der Waals surface area (Å²) in [5, 5.41) is 17.7. The van der Waals surface area contributed by atoms with Gasteiger partial charge in [-0.15, -0.1) is 0 Å². The Morgan fingerprint density at radius 1 is 1.29 bits per heavy atom. The SMILES string of the molecule is CCc1nn(C)cc1C(=O)NC1CCN(C2CCCCC2O)CC1. The minimum atomic E-state index is -0.174. The number of aliphatic hydroxyl groups is 1. The number of aromatic nitrogens is 2. The van der Waals surface area contributed by atoms with E-state index in [0.29, 0.717) is 11.6 Å². The van der Waals surface area contributed by atoms with Gasteiger partial charge in [-0.2, -0.15) is 5.10 Å². The second-order valence-corrected chi connectivity index (χ2v) is 7.22. The van der Waals surface area contributed by atoms with Crippen molar-refractivity contribution in [2.24, 2.45) is 7.05 Å². The van der Waals surface area contributed by atoms with Gasteiger partial charge in [0.2, 0.25) is 0 Å². The zero-order chi connectivity index (χ0) is 17.1. The zero-order valence-electron chi connectivity index (χ0n) is 14.9. The minimum Gasteiger partial charge on any atom is -0.391 e. The molecule has 1 aliphatic heterocycles. The number of piperidine rings is 1. The first-order valence-electron chi connectivity index (χ1n) is 9.34. The third kappa shape index (κ3) is 3.81. The topological polar surface area (TPSA) is 70.4 Å².